The monoisotopic (exact) mass is 222 g/mol. The van der Waals surface area contributed by atoms with E-state index in [0.29, 0.717) is 11.0 Å². The molecular formula is C10H11ClN4. The number of hydrogen-bond acceptors (Lipinski definition) is 3. The molecule has 0 aromatic carbocycles. The van der Waals surface area contributed by atoms with Gasteiger partial charge in [-0.25, -0.2) is 14.6 Å². The molecule has 0 saturated carbocycles. The molecule has 2 aromatic rings. The Morgan fingerprint density at radius 2 is 2.13 bits per heavy atom. The maximum absolute atomic E-state index is 5.65. The summed E-state index contributed by atoms with van der Waals surface area (Å²) in [5.41, 5.74) is 1.20. The van der Waals surface area contributed by atoms with Gasteiger partial charge in [-0.05, 0) is 12.0 Å². The van der Waals surface area contributed by atoms with Gasteiger partial charge in [0.05, 0.1) is 18.6 Å². The molecule has 4 nitrogen and oxygen atoms in total. The van der Waals surface area contributed by atoms with Crippen molar-refractivity contribution in [3.8, 4) is 5.82 Å². The largest absolute Gasteiger partial charge is 0.239 e. The summed E-state index contributed by atoms with van der Waals surface area (Å²) in [4.78, 5) is 8.08. The summed E-state index contributed by atoms with van der Waals surface area (Å²) in [7, 11) is 0. The van der Waals surface area contributed by atoms with Gasteiger partial charge in [-0.15, -0.1) is 0 Å². The highest BCUT2D eigenvalue weighted by Crippen LogP contribution is 2.08. The second-order valence-corrected chi connectivity index (χ2v) is 3.63. The second kappa shape index (κ2) is 4.40. The Bertz CT molecular complexity index is 435. The van der Waals surface area contributed by atoms with E-state index in [1.165, 1.54) is 11.8 Å². The maximum Gasteiger partial charge on any atom is 0.171 e. The normalized spacial score (nSPS) is 10.5. The molecule has 78 valence electrons. The minimum Gasteiger partial charge on any atom is -0.239 e. The lowest BCUT2D eigenvalue weighted by Crippen LogP contribution is -1.98. The second-order valence-electron chi connectivity index (χ2n) is 3.24. The Morgan fingerprint density at radius 3 is 2.80 bits per heavy atom. The van der Waals surface area contributed by atoms with Gasteiger partial charge in [0.15, 0.2) is 5.82 Å². The maximum atomic E-state index is 5.65. The molecule has 5 heteroatoms. The van der Waals surface area contributed by atoms with Crippen LogP contribution in [0, 0.1) is 0 Å². The zero-order valence-corrected chi connectivity index (χ0v) is 9.15. The molecule has 0 bridgehead atoms. The minimum atomic E-state index is 0.389. The summed E-state index contributed by atoms with van der Waals surface area (Å²) in [6, 6.07) is 0. The summed E-state index contributed by atoms with van der Waals surface area (Å²) >= 11 is 5.65. The van der Waals surface area contributed by atoms with Crippen molar-refractivity contribution in [3.63, 3.8) is 0 Å². The van der Waals surface area contributed by atoms with Crippen molar-refractivity contribution in [3.05, 3.63) is 35.5 Å². The van der Waals surface area contributed by atoms with Gasteiger partial charge in [0, 0.05) is 6.20 Å². The van der Waals surface area contributed by atoms with Crippen molar-refractivity contribution >= 4 is 11.6 Å². The number of aryl methyl sites for hydroxylation is 1. The summed E-state index contributed by atoms with van der Waals surface area (Å²) in [5.74, 6) is 0.682. The van der Waals surface area contributed by atoms with E-state index in [9.17, 15) is 0 Å². The highest BCUT2D eigenvalue weighted by Gasteiger charge is 2.01. The van der Waals surface area contributed by atoms with E-state index in [4.69, 9.17) is 11.6 Å². The zero-order chi connectivity index (χ0) is 10.7. The number of rotatable bonds is 3. The van der Waals surface area contributed by atoms with Crippen LogP contribution < -0.4 is 0 Å². The van der Waals surface area contributed by atoms with Crippen molar-refractivity contribution in [2.45, 2.75) is 19.8 Å². The van der Waals surface area contributed by atoms with Gasteiger partial charge in [-0.3, -0.25) is 0 Å². The van der Waals surface area contributed by atoms with Crippen molar-refractivity contribution in [1.29, 1.82) is 0 Å². The molecule has 0 amide bonds. The number of aromatic nitrogens is 4. The van der Waals surface area contributed by atoms with Crippen LogP contribution in [0.4, 0.5) is 0 Å². The van der Waals surface area contributed by atoms with Gasteiger partial charge >= 0.3 is 0 Å². The lowest BCUT2D eigenvalue weighted by Gasteiger charge is -1.98. The molecule has 2 rings (SSSR count). The fraction of sp³-hybridized carbons (Fsp3) is 0.300. The molecule has 2 heterocycles. The summed E-state index contributed by atoms with van der Waals surface area (Å²) in [6.45, 7) is 2.14. The van der Waals surface area contributed by atoms with Crippen molar-refractivity contribution in [2.75, 3.05) is 0 Å². The Hall–Kier alpha value is -1.42. The summed E-state index contributed by atoms with van der Waals surface area (Å²) in [5, 5.41) is 4.59. The van der Waals surface area contributed by atoms with E-state index in [1.807, 2.05) is 12.4 Å². The lowest BCUT2D eigenvalue weighted by atomic mass is 10.2. The van der Waals surface area contributed by atoms with E-state index in [1.54, 1.807) is 10.9 Å². The first-order valence-electron chi connectivity index (χ1n) is 4.81. The molecule has 15 heavy (non-hydrogen) atoms. The van der Waals surface area contributed by atoms with Gasteiger partial charge in [0.25, 0.3) is 0 Å². The molecule has 0 aliphatic carbocycles. The van der Waals surface area contributed by atoms with Crippen LogP contribution in [-0.4, -0.2) is 19.7 Å². The van der Waals surface area contributed by atoms with Crippen LogP contribution in [0.5, 0.6) is 0 Å². The van der Waals surface area contributed by atoms with Gasteiger partial charge < -0.3 is 0 Å². The van der Waals surface area contributed by atoms with Crippen LogP contribution in [0.2, 0.25) is 5.15 Å². The molecule has 0 aliphatic rings. The SMILES string of the molecule is CCCc1cnn(-c2cnc(Cl)cn2)c1. The van der Waals surface area contributed by atoms with Crippen LogP contribution in [0.1, 0.15) is 18.9 Å². The van der Waals surface area contributed by atoms with Gasteiger partial charge in [0.1, 0.15) is 5.15 Å². The number of nitrogens with zero attached hydrogens (tertiary/aromatic N) is 4. The molecule has 2 aromatic heterocycles. The minimum absolute atomic E-state index is 0.389. The van der Waals surface area contributed by atoms with Gasteiger partial charge in [0.2, 0.25) is 0 Å². The Balaban J connectivity index is 2.25. The molecule has 0 saturated heterocycles. The van der Waals surface area contributed by atoms with E-state index in [-0.39, 0.29) is 0 Å². The molecule has 0 spiro atoms. The molecule has 0 atom stereocenters. The third kappa shape index (κ3) is 2.33. The number of halogens is 1. The summed E-state index contributed by atoms with van der Waals surface area (Å²) in [6.07, 6.45) is 9.06. The van der Waals surface area contributed by atoms with E-state index < -0.39 is 0 Å². The molecule has 0 fully saturated rings. The highest BCUT2D eigenvalue weighted by molar-refractivity contribution is 6.29. The number of hydrogen-bond donors (Lipinski definition) is 0. The first-order chi connectivity index (χ1) is 7.29. The van der Waals surface area contributed by atoms with E-state index >= 15 is 0 Å². The predicted octanol–water partition coefficient (Wildman–Crippen LogP) is 2.27. The Labute approximate surface area is 92.9 Å². The third-order valence-electron chi connectivity index (χ3n) is 2.02. The van der Waals surface area contributed by atoms with Gasteiger partial charge in [-0.1, -0.05) is 24.9 Å². The van der Waals surface area contributed by atoms with Crippen LogP contribution in [0.3, 0.4) is 0 Å². The standard InChI is InChI=1S/C10H11ClN4/c1-2-3-8-4-14-15(7-8)10-6-12-9(11)5-13-10/h4-7H,2-3H2,1H3. The zero-order valence-electron chi connectivity index (χ0n) is 8.39. The lowest BCUT2D eigenvalue weighted by molar-refractivity contribution is 0.836. The molecule has 0 unspecified atom stereocenters. The average molecular weight is 223 g/mol. The average Bonchev–Trinajstić information content (AvgIpc) is 2.68. The van der Waals surface area contributed by atoms with Crippen LogP contribution in [-0.2, 0) is 6.42 Å². The molecular weight excluding hydrogens is 212 g/mol. The van der Waals surface area contributed by atoms with E-state index in [2.05, 4.69) is 22.0 Å². The topological polar surface area (TPSA) is 43.6 Å². The van der Waals surface area contributed by atoms with Crippen LogP contribution in [0.15, 0.2) is 24.8 Å². The first-order valence-corrected chi connectivity index (χ1v) is 5.19. The molecule has 0 aliphatic heterocycles. The fourth-order valence-corrected chi connectivity index (χ4v) is 1.42. The fourth-order valence-electron chi connectivity index (χ4n) is 1.33. The summed E-state index contributed by atoms with van der Waals surface area (Å²) < 4.78 is 1.70. The van der Waals surface area contributed by atoms with Crippen molar-refractivity contribution < 1.29 is 0 Å². The quantitative estimate of drug-likeness (QED) is 0.800. The highest BCUT2D eigenvalue weighted by atomic mass is 35.5. The van der Waals surface area contributed by atoms with Crippen LogP contribution >= 0.6 is 11.6 Å². The molecule has 0 radical (unpaired) electrons. The van der Waals surface area contributed by atoms with Crippen molar-refractivity contribution in [2.24, 2.45) is 0 Å². The smallest absolute Gasteiger partial charge is 0.171 e. The Morgan fingerprint density at radius 1 is 1.27 bits per heavy atom. The Kier molecular flexibility index (Phi) is 2.97. The van der Waals surface area contributed by atoms with E-state index in [0.717, 1.165) is 12.8 Å². The van der Waals surface area contributed by atoms with Gasteiger partial charge in [-0.2, -0.15) is 5.10 Å². The molecule has 0 N–H and O–H groups in total. The predicted molar refractivity (Wildman–Crippen MR) is 58.2 cm³/mol. The van der Waals surface area contributed by atoms with Crippen molar-refractivity contribution in [1.82, 2.24) is 19.7 Å². The third-order valence-corrected chi connectivity index (χ3v) is 2.21. The van der Waals surface area contributed by atoms with Crippen LogP contribution in [0.25, 0.3) is 5.82 Å². The first kappa shape index (κ1) is 10.1.